The van der Waals surface area contributed by atoms with Gasteiger partial charge in [-0.15, -0.1) is 11.3 Å². The summed E-state index contributed by atoms with van der Waals surface area (Å²) in [5.74, 6) is 0. The molecule has 1 unspecified atom stereocenters. The zero-order valence-corrected chi connectivity index (χ0v) is 15.2. The number of nitrogens with zero attached hydrogens (tertiary/aromatic N) is 2. The predicted octanol–water partition coefficient (Wildman–Crippen LogP) is 2.79. The molecule has 128 valence electrons. The highest BCUT2D eigenvalue weighted by Crippen LogP contribution is 2.31. The summed E-state index contributed by atoms with van der Waals surface area (Å²) in [6.45, 7) is 3.27. The highest BCUT2D eigenvalue weighted by molar-refractivity contribution is 7.91. The van der Waals surface area contributed by atoms with E-state index in [1.165, 1.54) is 4.31 Å². The largest absolute Gasteiger partial charge is 0.447 e. The number of thiophene rings is 1. The second-order valence-corrected chi connectivity index (χ2v) is 9.62. The summed E-state index contributed by atoms with van der Waals surface area (Å²) in [7, 11) is -3.49. The number of carbonyl (C=O) groups excluding carboxylic acids is 1. The van der Waals surface area contributed by atoms with Crippen LogP contribution in [0.15, 0.2) is 16.3 Å². The SMILES string of the molecule is CCC1COC(=O)N1C1CCN(S(=O)(=O)c2ccc(Cl)s2)CC1. The maximum atomic E-state index is 12.6. The van der Waals surface area contributed by atoms with E-state index in [0.29, 0.717) is 36.9 Å². The molecule has 0 radical (unpaired) electrons. The Morgan fingerprint density at radius 2 is 2.04 bits per heavy atom. The van der Waals surface area contributed by atoms with Crippen LogP contribution in [0.4, 0.5) is 4.79 Å². The van der Waals surface area contributed by atoms with E-state index in [2.05, 4.69) is 0 Å². The lowest BCUT2D eigenvalue weighted by molar-refractivity contribution is 0.124. The molecule has 3 rings (SSSR count). The number of ether oxygens (including phenoxy) is 1. The van der Waals surface area contributed by atoms with Crippen LogP contribution in [-0.4, -0.2) is 55.5 Å². The van der Waals surface area contributed by atoms with Crippen molar-refractivity contribution in [2.75, 3.05) is 19.7 Å². The first-order chi connectivity index (χ1) is 10.9. The van der Waals surface area contributed by atoms with Crippen LogP contribution < -0.4 is 0 Å². The summed E-state index contributed by atoms with van der Waals surface area (Å²) in [6.07, 6.45) is 1.83. The molecule has 1 amide bonds. The fraction of sp³-hybridized carbons (Fsp3) is 0.643. The molecule has 2 fully saturated rings. The molecule has 0 aliphatic carbocycles. The molecule has 2 saturated heterocycles. The molecule has 1 atom stereocenters. The number of rotatable bonds is 4. The first-order valence-corrected chi connectivity index (χ1v) is 10.3. The van der Waals surface area contributed by atoms with E-state index in [9.17, 15) is 13.2 Å². The Balaban J connectivity index is 1.68. The molecule has 9 heteroatoms. The molecule has 0 saturated carbocycles. The standard InChI is InChI=1S/C14H19ClN2O4S2/c1-2-10-9-21-14(18)17(10)11-5-7-16(8-6-11)23(19,20)13-4-3-12(15)22-13/h3-4,10-11H,2,5-9H2,1H3. The van der Waals surface area contributed by atoms with E-state index in [1.54, 1.807) is 17.0 Å². The highest BCUT2D eigenvalue weighted by atomic mass is 35.5. The smallest absolute Gasteiger partial charge is 0.410 e. The number of halogens is 1. The van der Waals surface area contributed by atoms with Crippen LogP contribution in [0.1, 0.15) is 26.2 Å². The zero-order valence-electron chi connectivity index (χ0n) is 12.8. The number of piperidine rings is 1. The van der Waals surface area contributed by atoms with E-state index >= 15 is 0 Å². The van der Waals surface area contributed by atoms with Crippen molar-refractivity contribution in [2.45, 2.75) is 42.5 Å². The third kappa shape index (κ3) is 3.22. The Morgan fingerprint density at radius 1 is 1.35 bits per heavy atom. The third-order valence-electron chi connectivity index (χ3n) is 4.43. The van der Waals surface area contributed by atoms with Crippen molar-refractivity contribution < 1.29 is 17.9 Å². The summed E-state index contributed by atoms with van der Waals surface area (Å²) in [6, 6.07) is 3.29. The van der Waals surface area contributed by atoms with Crippen molar-refractivity contribution in [2.24, 2.45) is 0 Å². The molecular weight excluding hydrogens is 360 g/mol. The molecule has 1 aromatic heterocycles. The maximum absolute atomic E-state index is 12.6. The first-order valence-electron chi connectivity index (χ1n) is 7.64. The summed E-state index contributed by atoms with van der Waals surface area (Å²) < 4.78 is 32.5. The molecule has 2 aliphatic rings. The van der Waals surface area contributed by atoms with Gasteiger partial charge < -0.3 is 4.74 Å². The molecule has 1 aromatic rings. The van der Waals surface area contributed by atoms with E-state index in [-0.39, 0.29) is 22.4 Å². The monoisotopic (exact) mass is 378 g/mol. The van der Waals surface area contributed by atoms with Crippen LogP contribution in [-0.2, 0) is 14.8 Å². The molecule has 2 aliphatic heterocycles. The molecular formula is C14H19ClN2O4S2. The van der Waals surface area contributed by atoms with Gasteiger partial charge in [-0.25, -0.2) is 13.2 Å². The minimum Gasteiger partial charge on any atom is -0.447 e. The third-order valence-corrected chi connectivity index (χ3v) is 8.03. The van der Waals surface area contributed by atoms with E-state index in [1.807, 2.05) is 6.92 Å². The van der Waals surface area contributed by atoms with Gasteiger partial charge in [-0.05, 0) is 31.4 Å². The fourth-order valence-electron chi connectivity index (χ4n) is 3.16. The van der Waals surface area contributed by atoms with Gasteiger partial charge in [0.25, 0.3) is 10.0 Å². The maximum Gasteiger partial charge on any atom is 0.410 e. The number of cyclic esters (lactones) is 1. The van der Waals surface area contributed by atoms with Gasteiger partial charge in [0.05, 0.1) is 10.4 Å². The lowest BCUT2D eigenvalue weighted by atomic mass is 10.0. The molecule has 0 bridgehead atoms. The molecule has 0 N–H and O–H groups in total. The second kappa shape index (κ2) is 6.58. The Kier molecular flexibility index (Phi) is 4.87. The summed E-state index contributed by atoms with van der Waals surface area (Å²) in [5, 5.41) is 0. The van der Waals surface area contributed by atoms with Crippen molar-refractivity contribution in [1.82, 2.24) is 9.21 Å². The normalized spacial score (nSPS) is 24.2. The van der Waals surface area contributed by atoms with Crippen molar-refractivity contribution in [1.29, 1.82) is 0 Å². The lowest BCUT2D eigenvalue weighted by Gasteiger charge is -2.36. The van der Waals surface area contributed by atoms with Crippen LogP contribution in [0, 0.1) is 0 Å². The molecule has 0 aromatic carbocycles. The summed E-state index contributed by atoms with van der Waals surface area (Å²) >= 11 is 6.91. The number of carbonyl (C=O) groups is 1. The first kappa shape index (κ1) is 17.0. The van der Waals surface area contributed by atoms with Crippen LogP contribution in [0.5, 0.6) is 0 Å². The van der Waals surface area contributed by atoms with E-state index < -0.39 is 10.0 Å². The molecule has 3 heterocycles. The lowest BCUT2D eigenvalue weighted by Crippen LogP contribution is -2.49. The Hall–Kier alpha value is -0.830. The van der Waals surface area contributed by atoms with Crippen LogP contribution in [0.2, 0.25) is 4.34 Å². The number of hydrogen-bond acceptors (Lipinski definition) is 5. The van der Waals surface area contributed by atoms with Gasteiger partial charge in [-0.2, -0.15) is 4.31 Å². The van der Waals surface area contributed by atoms with Gasteiger partial charge in [-0.3, -0.25) is 4.90 Å². The average Bonchev–Trinajstić information content (AvgIpc) is 3.13. The van der Waals surface area contributed by atoms with Crippen molar-refractivity contribution in [3.05, 3.63) is 16.5 Å². The number of hydrogen-bond donors (Lipinski definition) is 0. The summed E-state index contributed by atoms with van der Waals surface area (Å²) in [4.78, 5) is 13.7. The van der Waals surface area contributed by atoms with Gasteiger partial charge in [0.15, 0.2) is 0 Å². The Morgan fingerprint density at radius 3 is 2.61 bits per heavy atom. The predicted molar refractivity (Wildman–Crippen MR) is 88.4 cm³/mol. The average molecular weight is 379 g/mol. The Bertz CT molecular complexity index is 683. The van der Waals surface area contributed by atoms with Gasteiger partial charge in [0, 0.05) is 19.1 Å². The minimum atomic E-state index is -3.49. The Labute approximate surface area is 145 Å². The van der Waals surface area contributed by atoms with Crippen molar-refractivity contribution in [3.63, 3.8) is 0 Å². The van der Waals surface area contributed by atoms with Gasteiger partial charge in [-0.1, -0.05) is 18.5 Å². The topological polar surface area (TPSA) is 66.9 Å². The number of sulfonamides is 1. The van der Waals surface area contributed by atoms with Crippen molar-refractivity contribution in [3.8, 4) is 0 Å². The molecule has 0 spiro atoms. The van der Waals surface area contributed by atoms with Crippen LogP contribution >= 0.6 is 22.9 Å². The van der Waals surface area contributed by atoms with Crippen LogP contribution in [0.25, 0.3) is 0 Å². The van der Waals surface area contributed by atoms with Gasteiger partial charge in [0.1, 0.15) is 10.8 Å². The molecule has 6 nitrogen and oxygen atoms in total. The minimum absolute atomic E-state index is 0.0494. The van der Waals surface area contributed by atoms with Gasteiger partial charge in [0.2, 0.25) is 0 Å². The zero-order chi connectivity index (χ0) is 16.6. The van der Waals surface area contributed by atoms with Gasteiger partial charge >= 0.3 is 6.09 Å². The van der Waals surface area contributed by atoms with Crippen molar-refractivity contribution >= 4 is 39.1 Å². The number of amides is 1. The van der Waals surface area contributed by atoms with E-state index in [4.69, 9.17) is 16.3 Å². The van der Waals surface area contributed by atoms with Crippen LogP contribution in [0.3, 0.4) is 0 Å². The van der Waals surface area contributed by atoms with E-state index in [0.717, 1.165) is 17.8 Å². The fourth-order valence-corrected chi connectivity index (χ4v) is 6.26. The second-order valence-electron chi connectivity index (χ2n) is 5.74. The summed E-state index contributed by atoms with van der Waals surface area (Å²) in [5.41, 5.74) is 0. The highest BCUT2D eigenvalue weighted by Gasteiger charge is 2.40. The molecule has 23 heavy (non-hydrogen) atoms. The quantitative estimate of drug-likeness (QED) is 0.807.